The monoisotopic (exact) mass is 175 g/mol. The molecule has 1 aliphatic carbocycles. The Bertz CT molecular complexity index is 280. The highest BCUT2D eigenvalue weighted by Gasteiger charge is 2.52. The third kappa shape index (κ3) is 1.28. The van der Waals surface area contributed by atoms with E-state index in [4.69, 9.17) is 0 Å². The molecule has 2 atom stereocenters. The van der Waals surface area contributed by atoms with Gasteiger partial charge in [0.2, 0.25) is 0 Å². The van der Waals surface area contributed by atoms with E-state index in [1.807, 2.05) is 0 Å². The molecule has 0 aliphatic heterocycles. The number of hydrogen-bond donors (Lipinski definition) is 1. The van der Waals surface area contributed by atoms with Crippen LogP contribution in [0.1, 0.15) is 25.3 Å². The van der Waals surface area contributed by atoms with E-state index in [1.165, 1.54) is 18.4 Å². The quantitative estimate of drug-likeness (QED) is 0.744. The average Bonchev–Trinajstić information content (AvgIpc) is 2.94. The predicted molar refractivity (Wildman–Crippen MR) is 55.6 cm³/mol. The van der Waals surface area contributed by atoms with Gasteiger partial charge in [-0.1, -0.05) is 43.7 Å². The number of nitrogens with one attached hydrogen (secondary N) is 1. The Hall–Kier alpha value is -0.820. The summed E-state index contributed by atoms with van der Waals surface area (Å²) in [7, 11) is 2.07. The van der Waals surface area contributed by atoms with Gasteiger partial charge in [0.15, 0.2) is 0 Å². The van der Waals surface area contributed by atoms with E-state index in [9.17, 15) is 0 Å². The Morgan fingerprint density at radius 1 is 1.38 bits per heavy atom. The van der Waals surface area contributed by atoms with Crippen LogP contribution in [0.3, 0.4) is 0 Å². The van der Waals surface area contributed by atoms with Gasteiger partial charge in [-0.05, 0) is 24.9 Å². The normalized spacial score (nSPS) is 31.7. The molecule has 1 heteroatoms. The van der Waals surface area contributed by atoms with Crippen LogP contribution in [0.4, 0.5) is 0 Å². The second kappa shape index (κ2) is 3.15. The molecular formula is C12H17N. The first-order valence-electron chi connectivity index (χ1n) is 5.08. The maximum absolute atomic E-state index is 3.47. The van der Waals surface area contributed by atoms with E-state index in [1.54, 1.807) is 0 Å². The summed E-state index contributed by atoms with van der Waals surface area (Å²) in [5.41, 5.74) is 1.75. The van der Waals surface area contributed by atoms with Crippen LogP contribution in [-0.2, 0) is 5.54 Å². The molecule has 13 heavy (non-hydrogen) atoms. The lowest BCUT2D eigenvalue weighted by Gasteiger charge is -2.16. The van der Waals surface area contributed by atoms with Crippen molar-refractivity contribution in [3.8, 4) is 0 Å². The van der Waals surface area contributed by atoms with Crippen molar-refractivity contribution in [2.24, 2.45) is 5.92 Å². The summed E-state index contributed by atoms with van der Waals surface area (Å²) in [4.78, 5) is 0. The number of benzene rings is 1. The Balaban J connectivity index is 2.25. The zero-order valence-electron chi connectivity index (χ0n) is 8.38. The van der Waals surface area contributed by atoms with Crippen LogP contribution in [0.2, 0.25) is 0 Å². The highest BCUT2D eigenvalue weighted by Crippen LogP contribution is 2.53. The maximum atomic E-state index is 3.47. The molecule has 0 aromatic heterocycles. The lowest BCUT2D eigenvalue weighted by atomic mass is 10.0. The van der Waals surface area contributed by atoms with Crippen LogP contribution >= 0.6 is 0 Å². The molecule has 0 heterocycles. The Morgan fingerprint density at radius 2 is 2.08 bits per heavy atom. The molecule has 1 aromatic rings. The van der Waals surface area contributed by atoms with Crippen LogP contribution in [0, 0.1) is 5.92 Å². The van der Waals surface area contributed by atoms with Gasteiger partial charge in [0.05, 0.1) is 0 Å². The first kappa shape index (κ1) is 8.76. The highest BCUT2D eigenvalue weighted by molar-refractivity contribution is 5.32. The molecular weight excluding hydrogens is 158 g/mol. The third-order valence-corrected chi connectivity index (χ3v) is 3.33. The molecule has 1 saturated carbocycles. The molecule has 0 bridgehead atoms. The highest BCUT2D eigenvalue weighted by atomic mass is 15.0. The summed E-state index contributed by atoms with van der Waals surface area (Å²) in [6.45, 7) is 2.27. The lowest BCUT2D eigenvalue weighted by Crippen LogP contribution is -2.27. The molecule has 1 aliphatic rings. The summed E-state index contributed by atoms with van der Waals surface area (Å²) in [5.74, 6) is 0.833. The van der Waals surface area contributed by atoms with Gasteiger partial charge in [0, 0.05) is 5.54 Å². The van der Waals surface area contributed by atoms with E-state index < -0.39 is 0 Å². The molecule has 0 amide bonds. The Kier molecular flexibility index (Phi) is 2.12. The summed E-state index contributed by atoms with van der Waals surface area (Å²) < 4.78 is 0. The Morgan fingerprint density at radius 3 is 2.54 bits per heavy atom. The molecule has 1 fully saturated rings. The summed E-state index contributed by atoms with van der Waals surface area (Å²) >= 11 is 0. The smallest absolute Gasteiger partial charge is 0.0464 e. The SMILES string of the molecule is CCC1CC1(NC)c1ccccc1. The molecule has 2 rings (SSSR count). The molecule has 0 radical (unpaired) electrons. The van der Waals surface area contributed by atoms with Gasteiger partial charge < -0.3 is 5.32 Å². The summed E-state index contributed by atoms with van der Waals surface area (Å²) in [5, 5.41) is 3.47. The van der Waals surface area contributed by atoms with Crippen LogP contribution in [0.25, 0.3) is 0 Å². The molecule has 0 spiro atoms. The maximum Gasteiger partial charge on any atom is 0.0464 e. The van der Waals surface area contributed by atoms with Crippen LogP contribution in [0.15, 0.2) is 30.3 Å². The topological polar surface area (TPSA) is 12.0 Å². The van der Waals surface area contributed by atoms with E-state index in [0.29, 0.717) is 5.54 Å². The van der Waals surface area contributed by atoms with Gasteiger partial charge in [-0.3, -0.25) is 0 Å². The number of hydrogen-bond acceptors (Lipinski definition) is 1. The first-order valence-corrected chi connectivity index (χ1v) is 5.08. The van der Waals surface area contributed by atoms with Crippen molar-refractivity contribution in [2.45, 2.75) is 25.3 Å². The largest absolute Gasteiger partial charge is 0.310 e. The third-order valence-electron chi connectivity index (χ3n) is 3.33. The van der Waals surface area contributed by atoms with Gasteiger partial charge >= 0.3 is 0 Å². The summed E-state index contributed by atoms with van der Waals surface area (Å²) in [6.07, 6.45) is 2.57. The second-order valence-electron chi connectivity index (χ2n) is 3.90. The Labute approximate surface area is 80.2 Å². The van der Waals surface area contributed by atoms with Crippen molar-refractivity contribution >= 4 is 0 Å². The molecule has 0 saturated heterocycles. The fourth-order valence-electron chi connectivity index (χ4n) is 2.36. The van der Waals surface area contributed by atoms with E-state index in [2.05, 4.69) is 49.6 Å². The second-order valence-corrected chi connectivity index (χ2v) is 3.90. The predicted octanol–water partition coefficient (Wildman–Crippen LogP) is 2.53. The minimum Gasteiger partial charge on any atom is -0.310 e. The summed E-state index contributed by atoms with van der Waals surface area (Å²) in [6, 6.07) is 10.8. The van der Waals surface area contributed by atoms with Crippen LogP contribution in [-0.4, -0.2) is 7.05 Å². The average molecular weight is 175 g/mol. The zero-order chi connectivity index (χ0) is 9.31. The van der Waals surface area contributed by atoms with E-state index in [-0.39, 0.29) is 0 Å². The first-order chi connectivity index (χ1) is 6.33. The van der Waals surface area contributed by atoms with Crippen molar-refractivity contribution in [3.63, 3.8) is 0 Å². The number of rotatable bonds is 3. The molecule has 1 nitrogen and oxygen atoms in total. The minimum absolute atomic E-state index is 0.302. The molecule has 70 valence electrons. The van der Waals surface area contributed by atoms with Crippen LogP contribution in [0.5, 0.6) is 0 Å². The van der Waals surface area contributed by atoms with Gasteiger partial charge in [-0.15, -0.1) is 0 Å². The minimum atomic E-state index is 0.302. The van der Waals surface area contributed by atoms with Crippen molar-refractivity contribution in [1.82, 2.24) is 5.32 Å². The van der Waals surface area contributed by atoms with E-state index in [0.717, 1.165) is 5.92 Å². The fraction of sp³-hybridized carbons (Fsp3) is 0.500. The molecule has 2 unspecified atom stereocenters. The van der Waals surface area contributed by atoms with Crippen molar-refractivity contribution in [1.29, 1.82) is 0 Å². The fourth-order valence-corrected chi connectivity index (χ4v) is 2.36. The lowest BCUT2D eigenvalue weighted by molar-refractivity contribution is 0.514. The van der Waals surface area contributed by atoms with Crippen molar-refractivity contribution in [3.05, 3.63) is 35.9 Å². The molecule has 1 aromatic carbocycles. The van der Waals surface area contributed by atoms with Crippen LogP contribution < -0.4 is 5.32 Å². The van der Waals surface area contributed by atoms with Gasteiger partial charge in [-0.2, -0.15) is 0 Å². The van der Waals surface area contributed by atoms with Crippen molar-refractivity contribution in [2.75, 3.05) is 7.05 Å². The van der Waals surface area contributed by atoms with E-state index >= 15 is 0 Å². The van der Waals surface area contributed by atoms with Gasteiger partial charge in [0.1, 0.15) is 0 Å². The van der Waals surface area contributed by atoms with Gasteiger partial charge in [0.25, 0.3) is 0 Å². The standard InChI is InChI=1S/C12H17N/c1-3-10-9-12(10,13-2)11-7-5-4-6-8-11/h4-8,10,13H,3,9H2,1-2H3. The zero-order valence-corrected chi connectivity index (χ0v) is 8.38. The molecule has 1 N–H and O–H groups in total. The van der Waals surface area contributed by atoms with Gasteiger partial charge in [-0.25, -0.2) is 0 Å². The van der Waals surface area contributed by atoms with Crippen molar-refractivity contribution < 1.29 is 0 Å².